The second-order valence-electron chi connectivity index (χ2n) is 6.84. The van der Waals surface area contributed by atoms with Crippen LogP contribution in [-0.2, 0) is 32.2 Å². The first kappa shape index (κ1) is 20.7. The van der Waals surface area contributed by atoms with Crippen LogP contribution in [0.25, 0.3) is 0 Å². The second kappa shape index (κ2) is 10.5. The molecule has 5 heteroatoms. The standard InChI is InChI=1S/C23H28O5/c1-3-14-25-23-22(27-16-19-12-8-5-9-13-19)20(24)21(17(2)28-23)26-15-18-10-6-4-7-11-18/h3-13,17,20-24H,1,14-16H2,2H3/t17-,20+,21-,22+,23+/m0/s1. The van der Waals surface area contributed by atoms with Crippen LogP contribution >= 0.6 is 0 Å². The van der Waals surface area contributed by atoms with Crippen LogP contribution < -0.4 is 0 Å². The maximum Gasteiger partial charge on any atom is 0.187 e. The Hall–Kier alpha value is -2.02. The fraction of sp³-hybridized carbons (Fsp3) is 0.391. The molecule has 1 saturated heterocycles. The van der Waals surface area contributed by atoms with Gasteiger partial charge >= 0.3 is 0 Å². The zero-order chi connectivity index (χ0) is 19.8. The van der Waals surface area contributed by atoms with Crippen molar-refractivity contribution in [2.75, 3.05) is 6.61 Å². The summed E-state index contributed by atoms with van der Waals surface area (Å²) in [6.45, 7) is 6.59. The summed E-state index contributed by atoms with van der Waals surface area (Å²) in [6, 6.07) is 19.6. The van der Waals surface area contributed by atoms with Gasteiger partial charge in [0.2, 0.25) is 0 Å². The first-order valence-electron chi connectivity index (χ1n) is 9.56. The Bertz CT molecular complexity index is 705. The van der Waals surface area contributed by atoms with Crippen LogP contribution in [0.2, 0.25) is 0 Å². The van der Waals surface area contributed by atoms with Gasteiger partial charge in [0.25, 0.3) is 0 Å². The zero-order valence-corrected chi connectivity index (χ0v) is 16.1. The Morgan fingerprint density at radius 3 is 1.96 bits per heavy atom. The Labute approximate surface area is 166 Å². The lowest BCUT2D eigenvalue weighted by Gasteiger charge is -2.43. The lowest BCUT2D eigenvalue weighted by Crippen LogP contribution is -2.59. The Morgan fingerprint density at radius 1 is 0.893 bits per heavy atom. The quantitative estimate of drug-likeness (QED) is 0.671. The number of aliphatic hydroxyl groups excluding tert-OH is 1. The van der Waals surface area contributed by atoms with E-state index >= 15 is 0 Å². The molecule has 0 aromatic heterocycles. The Kier molecular flexibility index (Phi) is 7.77. The van der Waals surface area contributed by atoms with E-state index in [9.17, 15) is 5.11 Å². The molecule has 0 unspecified atom stereocenters. The molecule has 150 valence electrons. The molecule has 3 rings (SSSR count). The summed E-state index contributed by atoms with van der Waals surface area (Å²) in [7, 11) is 0. The maximum atomic E-state index is 11.0. The zero-order valence-electron chi connectivity index (χ0n) is 16.1. The second-order valence-corrected chi connectivity index (χ2v) is 6.84. The van der Waals surface area contributed by atoms with Gasteiger partial charge in [-0.2, -0.15) is 0 Å². The van der Waals surface area contributed by atoms with Crippen molar-refractivity contribution in [1.29, 1.82) is 0 Å². The van der Waals surface area contributed by atoms with Crippen molar-refractivity contribution in [3.63, 3.8) is 0 Å². The summed E-state index contributed by atoms with van der Waals surface area (Å²) in [5.41, 5.74) is 2.05. The van der Waals surface area contributed by atoms with E-state index in [1.54, 1.807) is 6.08 Å². The van der Waals surface area contributed by atoms with Gasteiger partial charge in [0.05, 0.1) is 25.9 Å². The summed E-state index contributed by atoms with van der Waals surface area (Å²) in [5, 5.41) is 11.0. The van der Waals surface area contributed by atoms with Gasteiger partial charge in [-0.25, -0.2) is 0 Å². The number of aliphatic hydroxyl groups is 1. The van der Waals surface area contributed by atoms with Gasteiger partial charge in [0, 0.05) is 0 Å². The van der Waals surface area contributed by atoms with Crippen LogP contribution in [0.5, 0.6) is 0 Å². The lowest BCUT2D eigenvalue weighted by atomic mass is 9.99. The number of hydrogen-bond donors (Lipinski definition) is 1. The number of hydrogen-bond acceptors (Lipinski definition) is 5. The summed E-state index contributed by atoms with van der Waals surface area (Å²) in [6.07, 6.45) is -1.46. The van der Waals surface area contributed by atoms with Gasteiger partial charge in [-0.1, -0.05) is 66.7 Å². The van der Waals surface area contributed by atoms with E-state index in [0.717, 1.165) is 11.1 Å². The van der Waals surface area contributed by atoms with Crippen molar-refractivity contribution in [3.05, 3.63) is 84.4 Å². The Balaban J connectivity index is 1.67. The predicted octanol–water partition coefficient (Wildman–Crippen LogP) is 3.47. The van der Waals surface area contributed by atoms with Gasteiger partial charge in [-0.15, -0.1) is 6.58 Å². The lowest BCUT2D eigenvalue weighted by molar-refractivity contribution is -0.309. The van der Waals surface area contributed by atoms with E-state index in [-0.39, 0.29) is 6.10 Å². The molecule has 0 bridgehead atoms. The first-order chi connectivity index (χ1) is 13.7. The normalized spacial score (nSPS) is 27.4. The van der Waals surface area contributed by atoms with E-state index in [4.69, 9.17) is 18.9 Å². The molecule has 0 spiro atoms. The van der Waals surface area contributed by atoms with E-state index in [1.807, 2.05) is 67.6 Å². The van der Waals surface area contributed by atoms with E-state index in [2.05, 4.69) is 6.58 Å². The van der Waals surface area contributed by atoms with Crippen molar-refractivity contribution >= 4 is 0 Å². The highest BCUT2D eigenvalue weighted by molar-refractivity contribution is 5.14. The summed E-state index contributed by atoms with van der Waals surface area (Å²) in [5.74, 6) is 0. The van der Waals surface area contributed by atoms with Gasteiger partial charge in [-0.05, 0) is 18.1 Å². The van der Waals surface area contributed by atoms with Crippen LogP contribution in [-0.4, -0.2) is 42.4 Å². The molecule has 1 N–H and O–H groups in total. The molecule has 0 radical (unpaired) electrons. The van der Waals surface area contributed by atoms with Crippen LogP contribution in [0.3, 0.4) is 0 Å². The number of ether oxygens (including phenoxy) is 4. The highest BCUT2D eigenvalue weighted by Crippen LogP contribution is 2.28. The van der Waals surface area contributed by atoms with Gasteiger partial charge < -0.3 is 24.1 Å². The smallest absolute Gasteiger partial charge is 0.187 e. The predicted molar refractivity (Wildman–Crippen MR) is 107 cm³/mol. The van der Waals surface area contributed by atoms with Crippen molar-refractivity contribution in [2.24, 2.45) is 0 Å². The molecule has 2 aromatic carbocycles. The van der Waals surface area contributed by atoms with Gasteiger partial charge in [-0.3, -0.25) is 0 Å². The molecule has 1 aliphatic rings. The molecular weight excluding hydrogens is 356 g/mol. The highest BCUT2D eigenvalue weighted by Gasteiger charge is 2.45. The Morgan fingerprint density at radius 2 is 1.43 bits per heavy atom. The fourth-order valence-corrected chi connectivity index (χ4v) is 3.23. The van der Waals surface area contributed by atoms with Gasteiger partial charge in [0.1, 0.15) is 18.3 Å². The van der Waals surface area contributed by atoms with E-state index in [1.165, 1.54) is 0 Å². The van der Waals surface area contributed by atoms with Crippen molar-refractivity contribution in [3.8, 4) is 0 Å². The molecule has 2 aromatic rings. The molecule has 1 heterocycles. The van der Waals surface area contributed by atoms with E-state index < -0.39 is 24.6 Å². The van der Waals surface area contributed by atoms with Crippen LogP contribution in [0.4, 0.5) is 0 Å². The molecule has 0 amide bonds. The average Bonchev–Trinajstić information content (AvgIpc) is 2.73. The largest absolute Gasteiger partial charge is 0.387 e. The monoisotopic (exact) mass is 384 g/mol. The minimum absolute atomic E-state index is 0.310. The summed E-state index contributed by atoms with van der Waals surface area (Å²) >= 11 is 0. The number of rotatable bonds is 9. The van der Waals surface area contributed by atoms with Crippen molar-refractivity contribution < 1.29 is 24.1 Å². The van der Waals surface area contributed by atoms with E-state index in [0.29, 0.717) is 19.8 Å². The minimum Gasteiger partial charge on any atom is -0.387 e. The summed E-state index contributed by atoms with van der Waals surface area (Å²) in [4.78, 5) is 0. The SMILES string of the molecule is C=CCO[C@@H]1O[C@@H](C)[C@H](OCc2ccccc2)[C@@H](O)[C@H]1OCc1ccccc1. The number of benzene rings is 2. The maximum absolute atomic E-state index is 11.0. The van der Waals surface area contributed by atoms with Crippen molar-refractivity contribution in [1.82, 2.24) is 0 Å². The molecule has 5 nitrogen and oxygen atoms in total. The molecule has 0 saturated carbocycles. The third-order valence-electron chi connectivity index (χ3n) is 4.70. The molecule has 1 fully saturated rings. The van der Waals surface area contributed by atoms with Gasteiger partial charge in [0.15, 0.2) is 6.29 Å². The molecule has 1 aliphatic heterocycles. The van der Waals surface area contributed by atoms with Crippen LogP contribution in [0, 0.1) is 0 Å². The van der Waals surface area contributed by atoms with Crippen molar-refractivity contribution in [2.45, 2.75) is 50.8 Å². The molecule has 5 atom stereocenters. The van der Waals surface area contributed by atoms with Crippen LogP contribution in [0.1, 0.15) is 18.1 Å². The topological polar surface area (TPSA) is 57.2 Å². The molecule has 0 aliphatic carbocycles. The third-order valence-corrected chi connectivity index (χ3v) is 4.70. The first-order valence-corrected chi connectivity index (χ1v) is 9.56. The minimum atomic E-state index is -0.883. The average molecular weight is 384 g/mol. The van der Waals surface area contributed by atoms with Crippen LogP contribution in [0.15, 0.2) is 73.3 Å². The molecule has 28 heavy (non-hydrogen) atoms. The molecular formula is C23H28O5. The fourth-order valence-electron chi connectivity index (χ4n) is 3.23. The highest BCUT2D eigenvalue weighted by atomic mass is 16.7. The summed E-state index contributed by atoms with van der Waals surface area (Å²) < 4.78 is 23.7. The third kappa shape index (κ3) is 5.50.